The molecule has 0 aliphatic carbocycles. The summed E-state index contributed by atoms with van der Waals surface area (Å²) in [5, 5.41) is 0. The van der Waals surface area contributed by atoms with E-state index in [1.807, 2.05) is 58.9 Å². The number of benzene rings is 2. The van der Waals surface area contributed by atoms with Gasteiger partial charge in [-0.25, -0.2) is 4.79 Å². The number of hydrogen-bond acceptors (Lipinski definition) is 3. The molecule has 0 aliphatic rings. The van der Waals surface area contributed by atoms with Gasteiger partial charge >= 0.3 is 5.97 Å². The van der Waals surface area contributed by atoms with E-state index in [1.165, 1.54) is 0 Å². The van der Waals surface area contributed by atoms with E-state index in [-0.39, 0.29) is 5.97 Å². The van der Waals surface area contributed by atoms with Crippen LogP contribution >= 0.6 is 0 Å². The summed E-state index contributed by atoms with van der Waals surface area (Å²) in [5.41, 5.74) is 4.66. The van der Waals surface area contributed by atoms with Gasteiger partial charge in [0.05, 0.1) is 12.2 Å². The molecule has 2 rings (SSSR count). The molecular formula is C19H22O3. The van der Waals surface area contributed by atoms with Gasteiger partial charge in [0.2, 0.25) is 0 Å². The largest absolute Gasteiger partial charge is 0.490 e. The molecule has 0 heterocycles. The zero-order chi connectivity index (χ0) is 16.3. The highest BCUT2D eigenvalue weighted by molar-refractivity contribution is 5.94. The molecule has 0 radical (unpaired) electrons. The summed E-state index contributed by atoms with van der Waals surface area (Å²) in [4.78, 5) is 12.5. The van der Waals surface area contributed by atoms with Crippen LogP contribution in [0.4, 0.5) is 0 Å². The van der Waals surface area contributed by atoms with E-state index < -0.39 is 0 Å². The Balaban J connectivity index is 2.34. The van der Waals surface area contributed by atoms with Crippen LogP contribution in [0, 0.1) is 27.7 Å². The maximum Gasteiger partial charge on any atom is 0.344 e. The zero-order valence-corrected chi connectivity index (χ0v) is 13.8. The Morgan fingerprint density at radius 1 is 0.909 bits per heavy atom. The Labute approximate surface area is 131 Å². The highest BCUT2D eigenvalue weighted by atomic mass is 16.6. The second-order valence-electron chi connectivity index (χ2n) is 5.55. The van der Waals surface area contributed by atoms with E-state index in [9.17, 15) is 4.79 Å². The van der Waals surface area contributed by atoms with Crippen LogP contribution in [-0.4, -0.2) is 12.6 Å². The lowest BCUT2D eigenvalue weighted by Gasteiger charge is -2.14. The van der Waals surface area contributed by atoms with Crippen molar-refractivity contribution < 1.29 is 14.3 Å². The van der Waals surface area contributed by atoms with Gasteiger partial charge in [-0.1, -0.05) is 23.8 Å². The molecular weight excluding hydrogens is 276 g/mol. The molecule has 0 amide bonds. The summed E-state index contributed by atoms with van der Waals surface area (Å²) in [6.45, 7) is 10.3. The Bertz CT molecular complexity index is 679. The fraction of sp³-hybridized carbons (Fsp3) is 0.316. The molecule has 0 aromatic heterocycles. The number of carbonyl (C=O) groups excluding carboxylic acids is 1. The highest BCUT2D eigenvalue weighted by Gasteiger charge is 2.17. The molecule has 3 nitrogen and oxygen atoms in total. The van der Waals surface area contributed by atoms with E-state index in [4.69, 9.17) is 9.47 Å². The lowest BCUT2D eigenvalue weighted by molar-refractivity contribution is 0.0727. The first kappa shape index (κ1) is 16.1. The fourth-order valence-corrected chi connectivity index (χ4v) is 2.62. The van der Waals surface area contributed by atoms with Crippen molar-refractivity contribution in [1.82, 2.24) is 0 Å². The SMILES string of the molecule is CCOc1cc(C)ccc1OC(=O)c1c(C)cc(C)cc1C. The molecule has 3 heteroatoms. The number of aryl methyl sites for hydroxylation is 4. The molecule has 0 aliphatic heterocycles. The van der Waals surface area contributed by atoms with Crippen molar-refractivity contribution in [3.8, 4) is 11.5 Å². The lowest BCUT2D eigenvalue weighted by Crippen LogP contribution is -2.13. The Morgan fingerprint density at radius 3 is 2.14 bits per heavy atom. The minimum atomic E-state index is -0.347. The smallest absolute Gasteiger partial charge is 0.344 e. The monoisotopic (exact) mass is 298 g/mol. The third kappa shape index (κ3) is 3.48. The van der Waals surface area contributed by atoms with Gasteiger partial charge in [-0.15, -0.1) is 0 Å². The highest BCUT2D eigenvalue weighted by Crippen LogP contribution is 2.29. The van der Waals surface area contributed by atoms with Crippen LogP contribution in [0.5, 0.6) is 11.5 Å². The van der Waals surface area contributed by atoms with E-state index >= 15 is 0 Å². The van der Waals surface area contributed by atoms with Crippen LogP contribution in [0.25, 0.3) is 0 Å². The van der Waals surface area contributed by atoms with Gasteiger partial charge in [0.1, 0.15) is 0 Å². The van der Waals surface area contributed by atoms with Gasteiger partial charge in [-0.05, 0) is 63.4 Å². The van der Waals surface area contributed by atoms with Crippen LogP contribution < -0.4 is 9.47 Å². The first-order valence-corrected chi connectivity index (χ1v) is 7.46. The molecule has 0 spiro atoms. The van der Waals surface area contributed by atoms with Crippen LogP contribution in [0.1, 0.15) is 39.5 Å². The van der Waals surface area contributed by atoms with E-state index in [0.717, 1.165) is 22.3 Å². The van der Waals surface area contributed by atoms with Gasteiger partial charge in [0.25, 0.3) is 0 Å². The average Bonchev–Trinajstić information content (AvgIpc) is 2.41. The molecule has 0 unspecified atom stereocenters. The summed E-state index contributed by atoms with van der Waals surface area (Å²) < 4.78 is 11.1. The molecule has 2 aromatic rings. The summed E-state index contributed by atoms with van der Waals surface area (Å²) in [6.07, 6.45) is 0. The molecule has 0 N–H and O–H groups in total. The third-order valence-corrected chi connectivity index (χ3v) is 3.48. The Morgan fingerprint density at radius 2 is 1.55 bits per heavy atom. The van der Waals surface area contributed by atoms with Gasteiger partial charge in [0, 0.05) is 0 Å². The van der Waals surface area contributed by atoms with Crippen molar-refractivity contribution in [2.75, 3.05) is 6.61 Å². The third-order valence-electron chi connectivity index (χ3n) is 3.48. The second-order valence-corrected chi connectivity index (χ2v) is 5.55. The van der Waals surface area contributed by atoms with Gasteiger partial charge in [-0.2, -0.15) is 0 Å². The van der Waals surface area contributed by atoms with Gasteiger partial charge < -0.3 is 9.47 Å². The number of ether oxygens (including phenoxy) is 2. The minimum Gasteiger partial charge on any atom is -0.490 e. The average molecular weight is 298 g/mol. The summed E-state index contributed by atoms with van der Waals surface area (Å²) in [6, 6.07) is 9.53. The molecule has 116 valence electrons. The van der Waals surface area contributed by atoms with Crippen molar-refractivity contribution in [3.63, 3.8) is 0 Å². The van der Waals surface area contributed by atoms with Gasteiger partial charge in [-0.3, -0.25) is 0 Å². The maximum atomic E-state index is 12.5. The molecule has 0 saturated carbocycles. The van der Waals surface area contributed by atoms with Crippen molar-refractivity contribution >= 4 is 5.97 Å². The van der Waals surface area contributed by atoms with Crippen molar-refractivity contribution in [3.05, 3.63) is 58.1 Å². The summed E-state index contributed by atoms with van der Waals surface area (Å²) in [7, 11) is 0. The Kier molecular flexibility index (Phi) is 4.86. The van der Waals surface area contributed by atoms with Crippen molar-refractivity contribution in [2.45, 2.75) is 34.6 Å². The summed E-state index contributed by atoms with van der Waals surface area (Å²) >= 11 is 0. The molecule has 22 heavy (non-hydrogen) atoms. The molecule has 2 aromatic carbocycles. The van der Waals surface area contributed by atoms with Crippen LogP contribution in [0.2, 0.25) is 0 Å². The van der Waals surface area contributed by atoms with Crippen molar-refractivity contribution in [1.29, 1.82) is 0 Å². The molecule has 0 atom stereocenters. The van der Waals surface area contributed by atoms with Crippen LogP contribution in [0.3, 0.4) is 0 Å². The number of esters is 1. The second kappa shape index (κ2) is 6.65. The topological polar surface area (TPSA) is 35.5 Å². The normalized spacial score (nSPS) is 10.4. The van der Waals surface area contributed by atoms with E-state index in [2.05, 4.69) is 0 Å². The fourth-order valence-electron chi connectivity index (χ4n) is 2.62. The standard InChI is InChI=1S/C19H22O3/c1-6-21-17-11-12(2)7-8-16(17)22-19(20)18-14(4)9-13(3)10-15(18)5/h7-11H,6H2,1-5H3. The number of rotatable bonds is 4. The number of hydrogen-bond donors (Lipinski definition) is 0. The first-order valence-electron chi connectivity index (χ1n) is 7.46. The molecule has 0 bridgehead atoms. The zero-order valence-electron chi connectivity index (χ0n) is 13.8. The van der Waals surface area contributed by atoms with Gasteiger partial charge in [0.15, 0.2) is 11.5 Å². The number of carbonyl (C=O) groups is 1. The predicted octanol–water partition coefficient (Wildman–Crippen LogP) is 4.54. The molecule has 0 fully saturated rings. The van der Waals surface area contributed by atoms with Crippen LogP contribution in [0.15, 0.2) is 30.3 Å². The maximum absolute atomic E-state index is 12.5. The lowest BCUT2D eigenvalue weighted by atomic mass is 10.00. The van der Waals surface area contributed by atoms with E-state index in [1.54, 1.807) is 6.07 Å². The Hall–Kier alpha value is -2.29. The summed E-state index contributed by atoms with van der Waals surface area (Å²) in [5.74, 6) is 0.704. The quantitative estimate of drug-likeness (QED) is 0.614. The molecule has 0 saturated heterocycles. The first-order chi connectivity index (χ1) is 10.4. The van der Waals surface area contributed by atoms with Crippen molar-refractivity contribution in [2.24, 2.45) is 0 Å². The predicted molar refractivity (Wildman–Crippen MR) is 88.0 cm³/mol. The van der Waals surface area contributed by atoms with Crippen LogP contribution in [-0.2, 0) is 0 Å². The minimum absolute atomic E-state index is 0.347. The van der Waals surface area contributed by atoms with E-state index in [0.29, 0.717) is 23.7 Å².